The topological polar surface area (TPSA) is 93.5 Å². The zero-order chi connectivity index (χ0) is 23.0. The van der Waals surface area contributed by atoms with E-state index in [0.29, 0.717) is 68.8 Å². The van der Waals surface area contributed by atoms with Gasteiger partial charge in [0.25, 0.3) is 5.56 Å². The molecule has 0 unspecified atom stereocenters. The van der Waals surface area contributed by atoms with E-state index in [1.807, 2.05) is 19.1 Å². The molecule has 0 amide bonds. The number of hydrogen-bond donors (Lipinski definition) is 0. The van der Waals surface area contributed by atoms with Gasteiger partial charge in [-0.2, -0.15) is 4.31 Å². The van der Waals surface area contributed by atoms with Crippen molar-refractivity contribution < 1.29 is 17.9 Å². The van der Waals surface area contributed by atoms with E-state index >= 15 is 0 Å². The van der Waals surface area contributed by atoms with E-state index in [4.69, 9.17) is 9.47 Å². The summed E-state index contributed by atoms with van der Waals surface area (Å²) in [5.41, 5.74) is 2.15. The minimum absolute atomic E-state index is 0.116. The zero-order valence-corrected chi connectivity index (χ0v) is 19.3. The number of nitrogens with zero attached hydrogens (tertiary/aromatic N) is 4. The third-order valence-electron chi connectivity index (χ3n) is 6.01. The smallest absolute Gasteiger partial charge is 0.258 e. The first-order valence-electron chi connectivity index (χ1n) is 11.0. The lowest BCUT2D eigenvalue weighted by Gasteiger charge is -2.33. The van der Waals surface area contributed by atoms with Crippen molar-refractivity contribution in [2.24, 2.45) is 0 Å². The normalized spacial score (nSPS) is 17.7. The molecule has 10 heteroatoms. The predicted molar refractivity (Wildman–Crippen MR) is 122 cm³/mol. The van der Waals surface area contributed by atoms with E-state index in [2.05, 4.69) is 9.88 Å². The van der Waals surface area contributed by atoms with Crippen LogP contribution in [0.1, 0.15) is 17.7 Å². The van der Waals surface area contributed by atoms with E-state index < -0.39 is 10.0 Å². The summed E-state index contributed by atoms with van der Waals surface area (Å²) < 4.78 is 40.7. The van der Waals surface area contributed by atoms with Crippen LogP contribution in [-0.4, -0.2) is 66.4 Å². The van der Waals surface area contributed by atoms with Gasteiger partial charge in [0, 0.05) is 57.5 Å². The van der Waals surface area contributed by atoms with E-state index in [1.165, 1.54) is 4.31 Å². The van der Waals surface area contributed by atoms with Gasteiger partial charge in [-0.1, -0.05) is 6.07 Å². The van der Waals surface area contributed by atoms with Crippen LogP contribution in [0.5, 0.6) is 11.5 Å². The summed E-state index contributed by atoms with van der Waals surface area (Å²) in [7, 11) is -3.64. The molecule has 0 saturated carbocycles. The summed E-state index contributed by atoms with van der Waals surface area (Å²) >= 11 is 0. The number of ether oxygens (including phenoxy) is 2. The molecule has 0 aliphatic carbocycles. The Morgan fingerprint density at radius 3 is 2.55 bits per heavy atom. The van der Waals surface area contributed by atoms with Crippen LogP contribution in [0, 0.1) is 6.92 Å². The first-order valence-corrected chi connectivity index (χ1v) is 12.5. The molecule has 0 radical (unpaired) electrons. The summed E-state index contributed by atoms with van der Waals surface area (Å²) in [6.45, 7) is 5.31. The fourth-order valence-electron chi connectivity index (χ4n) is 4.20. The molecule has 0 atom stereocenters. The summed E-state index contributed by atoms with van der Waals surface area (Å²) in [4.78, 5) is 19.4. The summed E-state index contributed by atoms with van der Waals surface area (Å²) in [5.74, 6) is 1.04. The maximum atomic E-state index is 13.2. The van der Waals surface area contributed by atoms with Gasteiger partial charge in [0.15, 0.2) is 11.5 Å². The molecule has 3 aromatic rings. The number of rotatable bonds is 4. The van der Waals surface area contributed by atoms with Crippen LogP contribution in [0.2, 0.25) is 0 Å². The van der Waals surface area contributed by atoms with Gasteiger partial charge in [-0.25, -0.2) is 13.4 Å². The molecule has 2 aliphatic rings. The molecule has 33 heavy (non-hydrogen) atoms. The fraction of sp³-hybridized carbons (Fsp3) is 0.391. The Hall–Kier alpha value is -2.95. The lowest BCUT2D eigenvalue weighted by Crippen LogP contribution is -2.48. The Balaban J connectivity index is 1.28. The van der Waals surface area contributed by atoms with Crippen molar-refractivity contribution in [3.63, 3.8) is 0 Å². The Labute approximate surface area is 192 Å². The maximum absolute atomic E-state index is 13.2. The monoisotopic (exact) mass is 470 g/mol. The highest BCUT2D eigenvalue weighted by atomic mass is 32.2. The van der Waals surface area contributed by atoms with E-state index in [1.54, 1.807) is 34.9 Å². The number of aromatic nitrogens is 2. The molecule has 1 aromatic carbocycles. The molecule has 0 N–H and O–H groups in total. The van der Waals surface area contributed by atoms with Gasteiger partial charge < -0.3 is 9.47 Å². The fourth-order valence-corrected chi connectivity index (χ4v) is 5.64. The van der Waals surface area contributed by atoms with E-state index in [0.717, 1.165) is 12.0 Å². The summed E-state index contributed by atoms with van der Waals surface area (Å²) in [6.07, 6.45) is 2.47. The van der Waals surface area contributed by atoms with Crippen LogP contribution in [0.25, 0.3) is 5.65 Å². The number of sulfonamides is 1. The number of fused-ring (bicyclic) bond motifs is 2. The van der Waals surface area contributed by atoms with Gasteiger partial charge in [-0.15, -0.1) is 0 Å². The second-order valence-corrected chi connectivity index (χ2v) is 10.2. The summed E-state index contributed by atoms with van der Waals surface area (Å²) in [6, 6.07) is 10.1. The largest absolute Gasteiger partial charge is 0.490 e. The Morgan fingerprint density at radius 1 is 1.00 bits per heavy atom. The zero-order valence-electron chi connectivity index (χ0n) is 18.4. The molecule has 174 valence electrons. The molecule has 1 fully saturated rings. The van der Waals surface area contributed by atoms with E-state index in [-0.39, 0.29) is 10.5 Å². The highest BCUT2D eigenvalue weighted by molar-refractivity contribution is 7.89. The minimum atomic E-state index is -3.64. The van der Waals surface area contributed by atoms with Crippen LogP contribution >= 0.6 is 0 Å². The molecular formula is C23H26N4O5S. The van der Waals surface area contributed by atoms with Crippen LogP contribution in [-0.2, 0) is 16.6 Å². The molecular weight excluding hydrogens is 444 g/mol. The Kier molecular flexibility index (Phi) is 5.81. The Bertz CT molecular complexity index is 1350. The lowest BCUT2D eigenvalue weighted by atomic mass is 10.2. The molecule has 0 bridgehead atoms. The average molecular weight is 471 g/mol. The van der Waals surface area contributed by atoms with Crippen molar-refractivity contribution in [2.75, 3.05) is 39.4 Å². The van der Waals surface area contributed by atoms with Gasteiger partial charge in [0.2, 0.25) is 10.0 Å². The van der Waals surface area contributed by atoms with Crippen LogP contribution in [0.3, 0.4) is 0 Å². The van der Waals surface area contributed by atoms with Gasteiger partial charge in [-0.3, -0.25) is 14.1 Å². The number of hydrogen-bond acceptors (Lipinski definition) is 7. The molecule has 2 aromatic heterocycles. The third-order valence-corrected chi connectivity index (χ3v) is 7.91. The molecule has 4 heterocycles. The van der Waals surface area contributed by atoms with Crippen molar-refractivity contribution >= 4 is 15.7 Å². The quantitative estimate of drug-likeness (QED) is 0.573. The molecule has 0 spiro atoms. The maximum Gasteiger partial charge on any atom is 0.258 e. The standard InChI is InChI=1S/C23H26N4O5S/c1-17-4-2-7-27-22(28)14-18(24-23(17)27)16-25-8-10-26(11-9-25)33(29,30)19-5-6-20-21(15-19)32-13-3-12-31-20/h2,4-7,14-15H,3,8-13,16H2,1H3. The van der Waals surface area contributed by atoms with Crippen LogP contribution in [0.15, 0.2) is 52.3 Å². The number of aryl methyl sites for hydroxylation is 1. The highest BCUT2D eigenvalue weighted by Gasteiger charge is 2.30. The second-order valence-electron chi connectivity index (χ2n) is 8.31. The number of pyridine rings is 1. The van der Waals surface area contributed by atoms with Crippen molar-refractivity contribution in [1.82, 2.24) is 18.6 Å². The first-order chi connectivity index (χ1) is 15.9. The molecule has 9 nitrogen and oxygen atoms in total. The third kappa shape index (κ3) is 4.33. The average Bonchev–Trinajstić information content (AvgIpc) is 3.05. The van der Waals surface area contributed by atoms with Crippen molar-refractivity contribution in [2.45, 2.75) is 24.8 Å². The van der Waals surface area contributed by atoms with Crippen LogP contribution in [0.4, 0.5) is 0 Å². The van der Waals surface area contributed by atoms with Gasteiger partial charge >= 0.3 is 0 Å². The second kappa shape index (κ2) is 8.77. The van der Waals surface area contributed by atoms with Gasteiger partial charge in [0.1, 0.15) is 5.65 Å². The molecule has 2 aliphatic heterocycles. The Morgan fingerprint density at radius 2 is 1.76 bits per heavy atom. The molecule has 1 saturated heterocycles. The SMILES string of the molecule is Cc1cccn2c(=O)cc(CN3CCN(S(=O)(=O)c4ccc5c(c4)OCCCO5)CC3)nc12. The molecule has 5 rings (SSSR count). The minimum Gasteiger partial charge on any atom is -0.490 e. The highest BCUT2D eigenvalue weighted by Crippen LogP contribution is 2.33. The first kappa shape index (κ1) is 21.9. The van der Waals surface area contributed by atoms with Crippen molar-refractivity contribution in [3.8, 4) is 11.5 Å². The van der Waals surface area contributed by atoms with Crippen molar-refractivity contribution in [3.05, 3.63) is 64.2 Å². The number of piperazine rings is 1. The predicted octanol–water partition coefficient (Wildman–Crippen LogP) is 1.67. The van der Waals surface area contributed by atoms with Gasteiger partial charge in [-0.05, 0) is 30.7 Å². The number of benzene rings is 1. The summed E-state index contributed by atoms with van der Waals surface area (Å²) in [5, 5.41) is 0. The van der Waals surface area contributed by atoms with Crippen LogP contribution < -0.4 is 15.0 Å². The van der Waals surface area contributed by atoms with Gasteiger partial charge in [0.05, 0.1) is 23.8 Å². The lowest BCUT2D eigenvalue weighted by molar-refractivity contribution is 0.180. The van der Waals surface area contributed by atoms with Crippen molar-refractivity contribution in [1.29, 1.82) is 0 Å². The van der Waals surface area contributed by atoms with E-state index in [9.17, 15) is 13.2 Å².